The zero-order valence-corrected chi connectivity index (χ0v) is 12.0. The Labute approximate surface area is 125 Å². The summed E-state index contributed by atoms with van der Waals surface area (Å²) in [6.45, 7) is 1.54. The van der Waals surface area contributed by atoms with E-state index in [0.717, 1.165) is 6.07 Å². The van der Waals surface area contributed by atoms with Gasteiger partial charge in [0, 0.05) is 32.5 Å². The van der Waals surface area contributed by atoms with Crippen molar-refractivity contribution in [1.82, 2.24) is 0 Å². The molecule has 0 heterocycles. The van der Waals surface area contributed by atoms with Gasteiger partial charge in [0.15, 0.2) is 0 Å². The van der Waals surface area contributed by atoms with E-state index in [4.69, 9.17) is 28.9 Å². The normalized spacial score (nSPS) is 10.4. The van der Waals surface area contributed by atoms with Gasteiger partial charge in [-0.1, -0.05) is 23.2 Å². The predicted octanol–water partition coefficient (Wildman–Crippen LogP) is 4.28. The first-order valence-electron chi connectivity index (χ1n) is 5.70. The van der Waals surface area contributed by atoms with E-state index in [1.54, 1.807) is 25.1 Å². The summed E-state index contributed by atoms with van der Waals surface area (Å²) in [5, 5.41) is 3.37. The average Bonchev–Trinajstić information content (AvgIpc) is 2.33. The molecule has 3 N–H and O–H groups in total. The van der Waals surface area contributed by atoms with Crippen molar-refractivity contribution in [1.29, 1.82) is 0 Å². The van der Waals surface area contributed by atoms with E-state index in [9.17, 15) is 9.18 Å². The highest BCUT2D eigenvalue weighted by molar-refractivity contribution is 6.35. The number of nitrogen functional groups attached to an aromatic ring is 1. The van der Waals surface area contributed by atoms with E-state index in [1.165, 1.54) is 6.07 Å². The standard InChI is InChI=1S/C14H11Cl2FN2O/c1-7-12(17)2-8(3-13(7)18)14(20)19-11-5-9(15)4-10(16)6-11/h2-6H,18H2,1H3,(H,19,20). The first-order valence-corrected chi connectivity index (χ1v) is 6.45. The third-order valence-electron chi connectivity index (χ3n) is 2.77. The fourth-order valence-electron chi connectivity index (χ4n) is 1.66. The number of benzene rings is 2. The second-order valence-electron chi connectivity index (χ2n) is 4.28. The van der Waals surface area contributed by atoms with Crippen molar-refractivity contribution in [2.75, 3.05) is 11.1 Å². The molecule has 0 spiro atoms. The van der Waals surface area contributed by atoms with Crippen LogP contribution >= 0.6 is 23.2 Å². The highest BCUT2D eigenvalue weighted by Gasteiger charge is 2.12. The fraction of sp³-hybridized carbons (Fsp3) is 0.0714. The van der Waals surface area contributed by atoms with Gasteiger partial charge in [0.2, 0.25) is 0 Å². The number of amides is 1. The summed E-state index contributed by atoms with van der Waals surface area (Å²) in [5.41, 5.74) is 6.72. The van der Waals surface area contributed by atoms with Crippen LogP contribution in [0.1, 0.15) is 15.9 Å². The number of hydrogen-bond donors (Lipinski definition) is 2. The van der Waals surface area contributed by atoms with Crippen molar-refractivity contribution in [3.63, 3.8) is 0 Å². The van der Waals surface area contributed by atoms with Crippen molar-refractivity contribution < 1.29 is 9.18 Å². The topological polar surface area (TPSA) is 55.1 Å². The number of carbonyl (C=O) groups is 1. The SMILES string of the molecule is Cc1c(N)cc(C(=O)Nc2cc(Cl)cc(Cl)c2)cc1F. The summed E-state index contributed by atoms with van der Waals surface area (Å²) in [4.78, 5) is 12.0. The smallest absolute Gasteiger partial charge is 0.255 e. The summed E-state index contributed by atoms with van der Waals surface area (Å²) in [5.74, 6) is -1.02. The molecule has 20 heavy (non-hydrogen) atoms. The van der Waals surface area contributed by atoms with E-state index >= 15 is 0 Å². The quantitative estimate of drug-likeness (QED) is 0.813. The van der Waals surface area contributed by atoms with Gasteiger partial charge in [-0.05, 0) is 37.3 Å². The van der Waals surface area contributed by atoms with Crippen molar-refractivity contribution in [2.24, 2.45) is 0 Å². The van der Waals surface area contributed by atoms with E-state index < -0.39 is 11.7 Å². The van der Waals surface area contributed by atoms with Gasteiger partial charge in [-0.3, -0.25) is 4.79 Å². The second-order valence-corrected chi connectivity index (χ2v) is 5.16. The van der Waals surface area contributed by atoms with Crippen molar-refractivity contribution in [3.05, 3.63) is 57.3 Å². The summed E-state index contributed by atoms with van der Waals surface area (Å²) in [6, 6.07) is 7.17. The summed E-state index contributed by atoms with van der Waals surface area (Å²) >= 11 is 11.7. The summed E-state index contributed by atoms with van der Waals surface area (Å²) in [7, 11) is 0. The van der Waals surface area contributed by atoms with Crippen LogP contribution in [0.25, 0.3) is 0 Å². The molecule has 0 saturated carbocycles. The van der Waals surface area contributed by atoms with Gasteiger partial charge in [-0.25, -0.2) is 4.39 Å². The van der Waals surface area contributed by atoms with Crippen molar-refractivity contribution >= 4 is 40.5 Å². The van der Waals surface area contributed by atoms with Crippen molar-refractivity contribution in [2.45, 2.75) is 6.92 Å². The van der Waals surface area contributed by atoms with E-state index in [-0.39, 0.29) is 11.3 Å². The number of rotatable bonds is 2. The molecule has 0 unspecified atom stereocenters. The van der Waals surface area contributed by atoms with Gasteiger partial charge in [-0.2, -0.15) is 0 Å². The van der Waals surface area contributed by atoms with Gasteiger partial charge in [-0.15, -0.1) is 0 Å². The Hall–Kier alpha value is -1.78. The fourth-order valence-corrected chi connectivity index (χ4v) is 2.19. The molecule has 2 rings (SSSR count). The molecule has 2 aromatic rings. The van der Waals surface area contributed by atoms with Crippen LogP contribution in [0.2, 0.25) is 10.0 Å². The second kappa shape index (κ2) is 5.69. The molecule has 0 atom stereocenters. The Morgan fingerprint density at radius 1 is 1.15 bits per heavy atom. The van der Waals surface area contributed by atoms with Crippen LogP contribution in [0, 0.1) is 12.7 Å². The largest absolute Gasteiger partial charge is 0.398 e. The number of halogens is 3. The lowest BCUT2D eigenvalue weighted by molar-refractivity contribution is 0.102. The number of carbonyl (C=O) groups excluding carboxylic acids is 1. The molecular weight excluding hydrogens is 302 g/mol. The summed E-state index contributed by atoms with van der Waals surface area (Å²) < 4.78 is 13.6. The molecule has 6 heteroatoms. The molecule has 2 aromatic carbocycles. The minimum absolute atomic E-state index is 0.127. The van der Waals surface area contributed by atoms with Crippen molar-refractivity contribution in [3.8, 4) is 0 Å². The molecule has 104 valence electrons. The maximum absolute atomic E-state index is 13.6. The molecule has 3 nitrogen and oxygen atoms in total. The van der Waals surface area contributed by atoms with Crippen LogP contribution < -0.4 is 11.1 Å². The van der Waals surface area contributed by atoms with Crippen LogP contribution in [0.15, 0.2) is 30.3 Å². The Morgan fingerprint density at radius 2 is 1.75 bits per heavy atom. The third kappa shape index (κ3) is 3.21. The van der Waals surface area contributed by atoms with Gasteiger partial charge in [0.25, 0.3) is 5.91 Å². The van der Waals surface area contributed by atoms with Crippen LogP contribution in [0.4, 0.5) is 15.8 Å². The lowest BCUT2D eigenvalue weighted by atomic mass is 10.1. The van der Waals surface area contributed by atoms with Gasteiger partial charge in [0.05, 0.1) is 0 Å². The predicted molar refractivity (Wildman–Crippen MR) is 80.0 cm³/mol. The maximum Gasteiger partial charge on any atom is 0.255 e. The van der Waals surface area contributed by atoms with Gasteiger partial charge < -0.3 is 11.1 Å². The van der Waals surface area contributed by atoms with Gasteiger partial charge in [0.1, 0.15) is 5.82 Å². The molecule has 1 amide bonds. The lowest BCUT2D eigenvalue weighted by Crippen LogP contribution is -2.13. The monoisotopic (exact) mass is 312 g/mol. The minimum atomic E-state index is -0.528. The first kappa shape index (κ1) is 14.6. The highest BCUT2D eigenvalue weighted by atomic mass is 35.5. The molecular formula is C14H11Cl2FN2O. The average molecular weight is 313 g/mol. The van der Waals surface area contributed by atoms with Gasteiger partial charge >= 0.3 is 0 Å². The molecule has 0 radical (unpaired) electrons. The van der Waals surface area contributed by atoms with Crippen LogP contribution in [-0.2, 0) is 0 Å². The molecule has 0 aliphatic heterocycles. The molecule has 0 aromatic heterocycles. The van der Waals surface area contributed by atoms with Crippen LogP contribution in [0.5, 0.6) is 0 Å². The van der Waals surface area contributed by atoms with E-state index in [2.05, 4.69) is 5.32 Å². The first-order chi connectivity index (χ1) is 9.36. The molecule has 0 aliphatic carbocycles. The Bertz CT molecular complexity index is 646. The minimum Gasteiger partial charge on any atom is -0.398 e. The Morgan fingerprint density at radius 3 is 2.30 bits per heavy atom. The number of anilines is 2. The Kier molecular flexibility index (Phi) is 4.16. The van der Waals surface area contributed by atoms with E-state index in [1.807, 2.05) is 0 Å². The number of hydrogen-bond acceptors (Lipinski definition) is 2. The van der Waals surface area contributed by atoms with E-state index in [0.29, 0.717) is 21.3 Å². The molecule has 0 saturated heterocycles. The molecule has 0 bridgehead atoms. The summed E-state index contributed by atoms with van der Waals surface area (Å²) in [6.07, 6.45) is 0. The maximum atomic E-state index is 13.6. The number of nitrogens with one attached hydrogen (secondary N) is 1. The third-order valence-corrected chi connectivity index (χ3v) is 3.20. The van der Waals surface area contributed by atoms with Crippen LogP contribution in [0.3, 0.4) is 0 Å². The zero-order chi connectivity index (χ0) is 14.9. The molecule has 0 fully saturated rings. The van der Waals surface area contributed by atoms with Crippen LogP contribution in [-0.4, -0.2) is 5.91 Å². The highest BCUT2D eigenvalue weighted by Crippen LogP contribution is 2.24. The number of nitrogens with two attached hydrogens (primary N) is 1. The lowest BCUT2D eigenvalue weighted by Gasteiger charge is -2.09. The Balaban J connectivity index is 2.28. The zero-order valence-electron chi connectivity index (χ0n) is 10.5. The molecule has 0 aliphatic rings.